The van der Waals surface area contributed by atoms with Crippen LogP contribution in [-0.2, 0) is 19.0 Å². The molecule has 0 radical (unpaired) electrons. The van der Waals surface area contributed by atoms with Crippen LogP contribution in [0.3, 0.4) is 0 Å². The van der Waals surface area contributed by atoms with Gasteiger partial charge in [0.15, 0.2) is 5.79 Å². The second-order valence-corrected chi connectivity index (χ2v) is 13.8. The van der Waals surface area contributed by atoms with E-state index in [2.05, 4.69) is 62.5 Å². The molecule has 0 aromatic heterocycles. The van der Waals surface area contributed by atoms with E-state index in [-0.39, 0.29) is 12.1 Å². The van der Waals surface area contributed by atoms with Crippen LogP contribution in [-0.4, -0.2) is 56.6 Å². The van der Waals surface area contributed by atoms with E-state index in [0.717, 1.165) is 38.5 Å². The first-order valence-electron chi connectivity index (χ1n) is 19.7. The third-order valence-corrected chi connectivity index (χ3v) is 8.84. The molecule has 1 atom stereocenters. The average Bonchev–Trinajstić information content (AvgIpc) is 3.46. The summed E-state index contributed by atoms with van der Waals surface area (Å²) in [5.74, 6) is -0.605. The molecule has 1 unspecified atom stereocenters. The molecule has 0 aromatic carbocycles. The van der Waals surface area contributed by atoms with E-state index in [9.17, 15) is 4.79 Å². The number of carbonyl (C=O) groups is 1. The predicted molar refractivity (Wildman–Crippen MR) is 202 cm³/mol. The van der Waals surface area contributed by atoms with Gasteiger partial charge in [-0.05, 0) is 104 Å². The zero-order valence-electron chi connectivity index (χ0n) is 31.4. The van der Waals surface area contributed by atoms with Gasteiger partial charge in [0, 0.05) is 25.8 Å². The smallest absolute Gasteiger partial charge is 0.307 e. The van der Waals surface area contributed by atoms with Gasteiger partial charge < -0.3 is 19.1 Å². The number of esters is 1. The first-order valence-corrected chi connectivity index (χ1v) is 19.7. The molecular weight excluding hydrogens is 582 g/mol. The Morgan fingerprint density at radius 1 is 0.660 bits per heavy atom. The van der Waals surface area contributed by atoms with Gasteiger partial charge >= 0.3 is 5.97 Å². The van der Waals surface area contributed by atoms with Crippen molar-refractivity contribution < 1.29 is 19.0 Å². The lowest BCUT2D eigenvalue weighted by atomic mass is 9.99. The average molecular weight is 658 g/mol. The van der Waals surface area contributed by atoms with Crippen molar-refractivity contribution in [2.24, 2.45) is 0 Å². The van der Waals surface area contributed by atoms with Crippen LogP contribution in [0.5, 0.6) is 0 Å². The molecule has 0 amide bonds. The Kier molecular flexibility index (Phi) is 29.1. The number of rotatable bonds is 32. The van der Waals surface area contributed by atoms with Gasteiger partial charge in [-0.1, -0.05) is 101 Å². The standard InChI is InChI=1S/C42H75NO4/c1-5-7-9-11-13-15-17-19-21-23-25-27-29-31-35-42(46-39-40(47-42)34-38-45-41(44)33-37-43(3)4)36-32-30-28-26-24-22-20-18-16-14-12-10-8-6-2/h11-14,21-24,40H,5-10,15-20,25-39H2,1-4H3/b13-11-,14-12-,23-21-,24-22-. The molecule has 1 aliphatic rings. The monoisotopic (exact) mass is 658 g/mol. The van der Waals surface area contributed by atoms with Crippen LogP contribution in [0.4, 0.5) is 0 Å². The van der Waals surface area contributed by atoms with Crippen molar-refractivity contribution >= 4 is 5.97 Å². The topological polar surface area (TPSA) is 48.0 Å². The molecule has 0 bridgehead atoms. The number of ether oxygens (including phenoxy) is 3. The van der Waals surface area contributed by atoms with Gasteiger partial charge in [0.05, 0.1) is 25.7 Å². The number of allylic oxidation sites excluding steroid dienone is 8. The molecule has 5 heteroatoms. The van der Waals surface area contributed by atoms with Crippen LogP contribution in [0.1, 0.15) is 168 Å². The molecule has 5 nitrogen and oxygen atoms in total. The summed E-state index contributed by atoms with van der Waals surface area (Å²) in [6.45, 7) is 6.21. The first kappa shape index (κ1) is 43.3. The fraction of sp³-hybridized carbons (Fsp3) is 0.786. The molecule has 0 aliphatic carbocycles. The molecule has 0 saturated carbocycles. The summed E-state index contributed by atoms with van der Waals surface area (Å²) in [5, 5.41) is 0. The Morgan fingerprint density at radius 2 is 1.11 bits per heavy atom. The summed E-state index contributed by atoms with van der Waals surface area (Å²) >= 11 is 0. The number of carbonyl (C=O) groups excluding carboxylic acids is 1. The van der Waals surface area contributed by atoms with Crippen molar-refractivity contribution in [3.05, 3.63) is 48.6 Å². The Labute approximate surface area is 291 Å². The largest absolute Gasteiger partial charge is 0.466 e. The Morgan fingerprint density at radius 3 is 1.55 bits per heavy atom. The number of hydrogen-bond acceptors (Lipinski definition) is 5. The zero-order valence-corrected chi connectivity index (χ0v) is 31.4. The van der Waals surface area contributed by atoms with Crippen molar-refractivity contribution in [1.82, 2.24) is 4.90 Å². The highest BCUT2D eigenvalue weighted by atomic mass is 16.7. The Hall–Kier alpha value is -1.69. The molecule has 1 heterocycles. The van der Waals surface area contributed by atoms with E-state index in [0.29, 0.717) is 32.6 Å². The van der Waals surface area contributed by atoms with Gasteiger partial charge in [0.2, 0.25) is 0 Å². The van der Waals surface area contributed by atoms with Crippen molar-refractivity contribution in [3.63, 3.8) is 0 Å². The van der Waals surface area contributed by atoms with Gasteiger partial charge in [-0.2, -0.15) is 0 Å². The van der Waals surface area contributed by atoms with Gasteiger partial charge in [-0.15, -0.1) is 0 Å². The van der Waals surface area contributed by atoms with Crippen molar-refractivity contribution in [1.29, 1.82) is 0 Å². The highest BCUT2D eigenvalue weighted by Gasteiger charge is 2.40. The van der Waals surface area contributed by atoms with E-state index in [1.807, 2.05) is 19.0 Å². The maximum Gasteiger partial charge on any atom is 0.307 e. The molecular formula is C42H75NO4. The summed E-state index contributed by atoms with van der Waals surface area (Å²) in [4.78, 5) is 14.0. The minimum absolute atomic E-state index is 0.00509. The molecule has 1 fully saturated rings. The lowest BCUT2D eigenvalue weighted by molar-refractivity contribution is -0.181. The fourth-order valence-electron chi connectivity index (χ4n) is 5.80. The highest BCUT2D eigenvalue weighted by Crippen LogP contribution is 2.35. The van der Waals surface area contributed by atoms with Crippen molar-refractivity contribution in [2.75, 3.05) is 33.9 Å². The van der Waals surface area contributed by atoms with Crippen LogP contribution in [0.2, 0.25) is 0 Å². The van der Waals surface area contributed by atoms with Gasteiger partial charge in [-0.3, -0.25) is 4.79 Å². The third-order valence-electron chi connectivity index (χ3n) is 8.84. The van der Waals surface area contributed by atoms with E-state index < -0.39 is 5.79 Å². The molecule has 1 saturated heterocycles. The van der Waals surface area contributed by atoms with Gasteiger partial charge in [0.25, 0.3) is 0 Å². The lowest BCUT2D eigenvalue weighted by Gasteiger charge is -2.28. The predicted octanol–water partition coefficient (Wildman–Crippen LogP) is 11.8. The third kappa shape index (κ3) is 26.9. The maximum atomic E-state index is 12.0. The van der Waals surface area contributed by atoms with Crippen LogP contribution >= 0.6 is 0 Å². The summed E-state index contributed by atoms with van der Waals surface area (Å²) in [6.07, 6.45) is 46.2. The normalized spacial score (nSPS) is 16.7. The zero-order chi connectivity index (χ0) is 34.1. The summed E-state index contributed by atoms with van der Waals surface area (Å²) in [5.41, 5.74) is 0. The number of nitrogens with zero attached hydrogens (tertiary/aromatic N) is 1. The van der Waals surface area contributed by atoms with Crippen molar-refractivity contribution in [2.45, 2.75) is 180 Å². The minimum atomic E-state index is -0.472. The second kappa shape index (κ2) is 31.6. The van der Waals surface area contributed by atoms with Crippen LogP contribution in [0.15, 0.2) is 48.6 Å². The van der Waals surface area contributed by atoms with E-state index in [1.165, 1.54) is 103 Å². The minimum Gasteiger partial charge on any atom is -0.466 e. The molecule has 1 rings (SSSR count). The molecule has 0 N–H and O–H groups in total. The number of hydrogen-bond donors (Lipinski definition) is 0. The first-order chi connectivity index (χ1) is 23.0. The lowest BCUT2D eigenvalue weighted by Crippen LogP contribution is -2.31. The quantitative estimate of drug-likeness (QED) is 0.0409. The maximum absolute atomic E-state index is 12.0. The number of unbranched alkanes of at least 4 members (excludes halogenated alkanes) is 14. The van der Waals surface area contributed by atoms with Crippen LogP contribution in [0, 0.1) is 0 Å². The Bertz CT molecular complexity index is 786. The van der Waals surface area contributed by atoms with Gasteiger partial charge in [-0.25, -0.2) is 0 Å². The molecule has 0 aromatic rings. The highest BCUT2D eigenvalue weighted by molar-refractivity contribution is 5.69. The SMILES string of the molecule is CCCC/C=C\CCC/C=C\CCCCCC1(CCCCC/C=C\CCC/C=C\CCCC)OCC(CCOC(=O)CCN(C)C)O1. The molecule has 47 heavy (non-hydrogen) atoms. The van der Waals surface area contributed by atoms with E-state index >= 15 is 0 Å². The van der Waals surface area contributed by atoms with E-state index in [4.69, 9.17) is 14.2 Å². The molecule has 1 aliphatic heterocycles. The second-order valence-electron chi connectivity index (χ2n) is 13.8. The van der Waals surface area contributed by atoms with E-state index in [1.54, 1.807) is 0 Å². The van der Waals surface area contributed by atoms with Crippen molar-refractivity contribution in [3.8, 4) is 0 Å². The molecule has 272 valence electrons. The van der Waals surface area contributed by atoms with Crippen LogP contribution in [0.25, 0.3) is 0 Å². The summed E-state index contributed by atoms with van der Waals surface area (Å²) in [7, 11) is 3.94. The fourth-order valence-corrected chi connectivity index (χ4v) is 5.80. The summed E-state index contributed by atoms with van der Waals surface area (Å²) in [6, 6.07) is 0. The Balaban J connectivity index is 2.34. The van der Waals surface area contributed by atoms with Crippen LogP contribution < -0.4 is 0 Å². The van der Waals surface area contributed by atoms with Gasteiger partial charge in [0.1, 0.15) is 0 Å². The summed E-state index contributed by atoms with van der Waals surface area (Å²) < 4.78 is 18.5. The molecule has 0 spiro atoms.